The predicted molar refractivity (Wildman–Crippen MR) is 101 cm³/mol. The summed E-state index contributed by atoms with van der Waals surface area (Å²) >= 11 is 5.91. The number of nitro groups is 1. The Kier molecular flexibility index (Phi) is 5.48. The first kappa shape index (κ1) is 19.3. The van der Waals surface area contributed by atoms with Crippen molar-refractivity contribution in [3.8, 4) is 0 Å². The van der Waals surface area contributed by atoms with Crippen molar-refractivity contribution in [3.63, 3.8) is 0 Å². The molecular weight excluding hydrogens is 392 g/mol. The number of hydrogen-bond acceptors (Lipinski definition) is 5. The van der Waals surface area contributed by atoms with E-state index in [1.54, 1.807) is 18.2 Å². The standard InChI is InChI=1S/C18H17ClN2O5S/c19-13-8-9-17(21(23)24)16(11-13)18(22)20-10-4-5-14(20)12-27(25,26)15-6-2-1-3-7-15/h1-3,6-9,11,14H,4-5,10,12H2. The van der Waals surface area contributed by atoms with E-state index in [-0.39, 0.29) is 26.9 Å². The smallest absolute Gasteiger partial charge is 0.282 e. The van der Waals surface area contributed by atoms with Gasteiger partial charge in [-0.1, -0.05) is 29.8 Å². The number of sulfone groups is 1. The second kappa shape index (κ2) is 7.66. The quantitative estimate of drug-likeness (QED) is 0.558. The van der Waals surface area contributed by atoms with Crippen LogP contribution in [-0.4, -0.2) is 42.5 Å². The van der Waals surface area contributed by atoms with E-state index in [9.17, 15) is 23.3 Å². The van der Waals surface area contributed by atoms with Crippen LogP contribution in [-0.2, 0) is 9.84 Å². The fraction of sp³-hybridized carbons (Fsp3) is 0.278. The Balaban J connectivity index is 1.88. The fourth-order valence-electron chi connectivity index (χ4n) is 3.25. The van der Waals surface area contributed by atoms with Crippen LogP contribution in [0.5, 0.6) is 0 Å². The van der Waals surface area contributed by atoms with Crippen LogP contribution >= 0.6 is 11.6 Å². The minimum absolute atomic E-state index is 0.128. The predicted octanol–water partition coefficient (Wildman–Crippen LogP) is 3.33. The molecule has 9 heteroatoms. The van der Waals surface area contributed by atoms with Gasteiger partial charge in [0.15, 0.2) is 9.84 Å². The molecule has 0 bridgehead atoms. The van der Waals surface area contributed by atoms with Gasteiger partial charge in [-0.25, -0.2) is 8.42 Å². The van der Waals surface area contributed by atoms with E-state index in [1.807, 2.05) is 0 Å². The molecule has 1 fully saturated rings. The number of hydrogen-bond donors (Lipinski definition) is 0. The number of carbonyl (C=O) groups excluding carboxylic acids is 1. The zero-order valence-corrected chi connectivity index (χ0v) is 15.8. The minimum atomic E-state index is -3.58. The summed E-state index contributed by atoms with van der Waals surface area (Å²) < 4.78 is 25.3. The minimum Gasteiger partial charge on any atom is -0.334 e. The van der Waals surface area contributed by atoms with Crippen molar-refractivity contribution in [2.24, 2.45) is 0 Å². The molecule has 27 heavy (non-hydrogen) atoms. The summed E-state index contributed by atoms with van der Waals surface area (Å²) in [7, 11) is -3.58. The third-order valence-electron chi connectivity index (χ3n) is 4.54. The number of nitrogens with zero attached hydrogens (tertiary/aromatic N) is 2. The Labute approximate surface area is 161 Å². The highest BCUT2D eigenvalue weighted by molar-refractivity contribution is 7.91. The highest BCUT2D eigenvalue weighted by atomic mass is 35.5. The number of likely N-dealkylation sites (tertiary alicyclic amines) is 1. The van der Waals surface area contributed by atoms with Crippen molar-refractivity contribution in [1.82, 2.24) is 4.90 Å². The molecule has 142 valence electrons. The third kappa shape index (κ3) is 4.12. The van der Waals surface area contributed by atoms with Gasteiger partial charge in [0.25, 0.3) is 11.6 Å². The van der Waals surface area contributed by atoms with Crippen molar-refractivity contribution in [1.29, 1.82) is 0 Å². The van der Waals surface area contributed by atoms with E-state index in [2.05, 4.69) is 0 Å². The molecule has 1 atom stereocenters. The molecule has 1 unspecified atom stereocenters. The molecule has 3 rings (SSSR count). The molecule has 1 aliphatic heterocycles. The molecule has 0 spiro atoms. The van der Waals surface area contributed by atoms with E-state index in [0.717, 1.165) is 0 Å². The van der Waals surface area contributed by atoms with Crippen molar-refractivity contribution in [3.05, 3.63) is 69.2 Å². The van der Waals surface area contributed by atoms with Gasteiger partial charge in [0, 0.05) is 23.7 Å². The molecule has 2 aromatic carbocycles. The monoisotopic (exact) mass is 408 g/mol. The Morgan fingerprint density at radius 2 is 1.93 bits per heavy atom. The van der Waals surface area contributed by atoms with Gasteiger partial charge >= 0.3 is 0 Å². The van der Waals surface area contributed by atoms with Gasteiger partial charge in [-0.2, -0.15) is 0 Å². The van der Waals surface area contributed by atoms with Gasteiger partial charge in [0.2, 0.25) is 0 Å². The lowest BCUT2D eigenvalue weighted by molar-refractivity contribution is -0.385. The zero-order valence-electron chi connectivity index (χ0n) is 14.2. The van der Waals surface area contributed by atoms with Crippen LogP contribution < -0.4 is 0 Å². The summed E-state index contributed by atoms with van der Waals surface area (Å²) in [6.07, 6.45) is 1.15. The SMILES string of the molecule is O=C(c1cc(Cl)ccc1[N+](=O)[O-])N1CCCC1CS(=O)(=O)c1ccccc1. The lowest BCUT2D eigenvalue weighted by Crippen LogP contribution is -2.40. The molecule has 7 nitrogen and oxygen atoms in total. The molecule has 0 aliphatic carbocycles. The fourth-order valence-corrected chi connectivity index (χ4v) is 5.04. The van der Waals surface area contributed by atoms with Crippen molar-refractivity contribution < 1.29 is 18.1 Å². The number of nitro benzene ring substituents is 1. The molecule has 0 saturated carbocycles. The van der Waals surface area contributed by atoms with E-state index in [1.165, 1.54) is 35.2 Å². The lowest BCUT2D eigenvalue weighted by atomic mass is 10.1. The van der Waals surface area contributed by atoms with Crippen LogP contribution in [0.3, 0.4) is 0 Å². The first-order valence-corrected chi connectivity index (χ1v) is 10.4. The number of halogens is 1. The zero-order chi connectivity index (χ0) is 19.6. The summed E-state index contributed by atoms with van der Waals surface area (Å²) in [5.41, 5.74) is -0.475. The molecule has 0 radical (unpaired) electrons. The first-order chi connectivity index (χ1) is 12.8. The van der Waals surface area contributed by atoms with E-state index in [0.29, 0.717) is 19.4 Å². The van der Waals surface area contributed by atoms with E-state index in [4.69, 9.17) is 11.6 Å². The topological polar surface area (TPSA) is 97.6 Å². The molecule has 1 saturated heterocycles. The maximum absolute atomic E-state index is 12.9. The van der Waals surface area contributed by atoms with E-state index >= 15 is 0 Å². The van der Waals surface area contributed by atoms with Crippen molar-refractivity contribution >= 4 is 33.0 Å². The lowest BCUT2D eigenvalue weighted by Gasteiger charge is -2.24. The number of rotatable bonds is 5. The van der Waals surface area contributed by atoms with Gasteiger partial charge in [-0.15, -0.1) is 0 Å². The number of amides is 1. The maximum atomic E-state index is 12.9. The normalized spacial score (nSPS) is 17.1. The molecule has 2 aromatic rings. The molecular formula is C18H17ClN2O5S. The molecule has 1 amide bonds. The van der Waals surface area contributed by atoms with Crippen molar-refractivity contribution in [2.45, 2.75) is 23.8 Å². The van der Waals surface area contributed by atoms with Gasteiger partial charge in [-0.3, -0.25) is 14.9 Å². The van der Waals surface area contributed by atoms with Crippen LogP contribution in [0.2, 0.25) is 5.02 Å². The molecule has 1 heterocycles. The average Bonchev–Trinajstić information content (AvgIpc) is 3.09. The van der Waals surface area contributed by atoms with E-state index < -0.39 is 26.7 Å². The van der Waals surface area contributed by atoms with Crippen LogP contribution in [0, 0.1) is 10.1 Å². The van der Waals surface area contributed by atoms with Crippen LogP contribution in [0.25, 0.3) is 0 Å². The largest absolute Gasteiger partial charge is 0.334 e. The molecule has 0 N–H and O–H groups in total. The second-order valence-electron chi connectivity index (χ2n) is 6.31. The Morgan fingerprint density at radius 3 is 2.59 bits per heavy atom. The summed E-state index contributed by atoms with van der Waals surface area (Å²) in [5.74, 6) is -0.799. The molecule has 0 aromatic heterocycles. The summed E-state index contributed by atoms with van der Waals surface area (Å²) in [5, 5.41) is 11.4. The summed E-state index contributed by atoms with van der Waals surface area (Å²) in [6, 6.07) is 11.3. The molecule has 1 aliphatic rings. The summed E-state index contributed by atoms with van der Waals surface area (Å²) in [6.45, 7) is 0.345. The van der Waals surface area contributed by atoms with Gasteiger partial charge < -0.3 is 4.90 Å². The van der Waals surface area contributed by atoms with Gasteiger partial charge in [0.05, 0.1) is 15.6 Å². The second-order valence-corrected chi connectivity index (χ2v) is 8.78. The van der Waals surface area contributed by atoms with Crippen LogP contribution in [0.15, 0.2) is 53.4 Å². The maximum Gasteiger partial charge on any atom is 0.282 e. The van der Waals surface area contributed by atoms with Crippen molar-refractivity contribution in [2.75, 3.05) is 12.3 Å². The number of benzene rings is 2. The first-order valence-electron chi connectivity index (χ1n) is 8.32. The Bertz CT molecular complexity index is 979. The van der Waals surface area contributed by atoms with Gasteiger partial charge in [-0.05, 0) is 37.1 Å². The van der Waals surface area contributed by atoms with Crippen LogP contribution in [0.4, 0.5) is 5.69 Å². The van der Waals surface area contributed by atoms with Crippen LogP contribution in [0.1, 0.15) is 23.2 Å². The number of carbonyl (C=O) groups is 1. The third-order valence-corrected chi connectivity index (χ3v) is 6.59. The highest BCUT2D eigenvalue weighted by Gasteiger charge is 2.35. The highest BCUT2D eigenvalue weighted by Crippen LogP contribution is 2.29. The van der Waals surface area contributed by atoms with Gasteiger partial charge in [0.1, 0.15) is 5.56 Å². The summed E-state index contributed by atoms with van der Waals surface area (Å²) in [4.78, 5) is 25.1. The average molecular weight is 409 g/mol. The Hall–Kier alpha value is -2.45. The Morgan fingerprint density at radius 1 is 1.22 bits per heavy atom.